The molecule has 0 saturated carbocycles. The van der Waals surface area contributed by atoms with Crippen molar-refractivity contribution in [2.45, 2.75) is 6.92 Å². The molecule has 5 nitrogen and oxygen atoms in total. The summed E-state index contributed by atoms with van der Waals surface area (Å²) in [4.78, 5) is 23.0. The van der Waals surface area contributed by atoms with Gasteiger partial charge in [0.1, 0.15) is 0 Å². The lowest BCUT2D eigenvalue weighted by atomic mass is 10.1. The number of amides is 3. The fourth-order valence-electron chi connectivity index (χ4n) is 1.80. The number of hydrogen-bond donors (Lipinski definition) is 3. The number of nitrogens with two attached hydrogens (primary N) is 1. The highest BCUT2D eigenvalue weighted by molar-refractivity contribution is 6.31. The van der Waals surface area contributed by atoms with Crippen LogP contribution in [-0.4, -0.2) is 11.9 Å². The van der Waals surface area contributed by atoms with Crippen LogP contribution in [0.25, 0.3) is 0 Å². The lowest BCUT2D eigenvalue weighted by Gasteiger charge is -2.10. The molecule has 0 unspecified atom stereocenters. The molecule has 0 spiro atoms. The van der Waals surface area contributed by atoms with Crippen molar-refractivity contribution in [3.05, 3.63) is 58.6 Å². The van der Waals surface area contributed by atoms with Crippen molar-refractivity contribution in [2.75, 3.05) is 10.6 Å². The zero-order valence-electron chi connectivity index (χ0n) is 11.3. The van der Waals surface area contributed by atoms with Gasteiger partial charge in [-0.2, -0.15) is 0 Å². The third-order valence-corrected chi connectivity index (χ3v) is 3.08. The number of carbonyl (C=O) groups excluding carboxylic acids is 2. The molecule has 0 fully saturated rings. The maximum Gasteiger partial charge on any atom is 0.316 e. The standard InChI is InChI=1S/C15H14ClN3O2/c1-9-5-6-11(16)8-13(9)19-14(20)10-3-2-4-12(7-10)18-15(17)21/h2-8H,1H3,(H,19,20)(H3,17,18,21). The quantitative estimate of drug-likeness (QED) is 0.812. The Morgan fingerprint density at radius 3 is 2.57 bits per heavy atom. The highest BCUT2D eigenvalue weighted by atomic mass is 35.5. The van der Waals surface area contributed by atoms with Crippen molar-refractivity contribution >= 4 is 34.9 Å². The molecule has 2 aromatic rings. The van der Waals surface area contributed by atoms with E-state index in [4.69, 9.17) is 17.3 Å². The van der Waals surface area contributed by atoms with E-state index in [0.29, 0.717) is 22.0 Å². The lowest BCUT2D eigenvalue weighted by Crippen LogP contribution is -2.20. The fourth-order valence-corrected chi connectivity index (χ4v) is 1.98. The number of anilines is 2. The summed E-state index contributed by atoms with van der Waals surface area (Å²) < 4.78 is 0. The molecule has 0 aromatic heterocycles. The summed E-state index contributed by atoms with van der Waals surface area (Å²) in [5.41, 5.74) is 7.45. The summed E-state index contributed by atoms with van der Waals surface area (Å²) in [5.74, 6) is -0.298. The van der Waals surface area contributed by atoms with Gasteiger partial charge >= 0.3 is 6.03 Å². The fraction of sp³-hybridized carbons (Fsp3) is 0.0667. The molecule has 6 heteroatoms. The van der Waals surface area contributed by atoms with E-state index < -0.39 is 6.03 Å². The molecule has 0 radical (unpaired) electrons. The van der Waals surface area contributed by atoms with E-state index in [-0.39, 0.29) is 5.91 Å². The van der Waals surface area contributed by atoms with E-state index in [9.17, 15) is 9.59 Å². The van der Waals surface area contributed by atoms with Gasteiger partial charge in [0.25, 0.3) is 5.91 Å². The van der Waals surface area contributed by atoms with Gasteiger partial charge in [-0.25, -0.2) is 4.79 Å². The Bertz CT molecular complexity index is 701. The van der Waals surface area contributed by atoms with Crippen molar-refractivity contribution in [1.82, 2.24) is 0 Å². The first-order valence-electron chi connectivity index (χ1n) is 6.20. The Hall–Kier alpha value is -2.53. The Kier molecular flexibility index (Phi) is 4.45. The second kappa shape index (κ2) is 6.28. The summed E-state index contributed by atoms with van der Waals surface area (Å²) in [6.45, 7) is 1.87. The van der Waals surface area contributed by atoms with Crippen molar-refractivity contribution < 1.29 is 9.59 Å². The third-order valence-electron chi connectivity index (χ3n) is 2.84. The van der Waals surface area contributed by atoms with Gasteiger partial charge in [-0.1, -0.05) is 23.7 Å². The van der Waals surface area contributed by atoms with Gasteiger partial charge in [0.05, 0.1) is 0 Å². The first-order chi connectivity index (χ1) is 9.95. The van der Waals surface area contributed by atoms with E-state index in [2.05, 4.69) is 10.6 Å². The first kappa shape index (κ1) is 14.9. The van der Waals surface area contributed by atoms with Crippen LogP contribution in [0.2, 0.25) is 5.02 Å². The zero-order chi connectivity index (χ0) is 15.4. The van der Waals surface area contributed by atoms with Crippen molar-refractivity contribution in [1.29, 1.82) is 0 Å². The molecule has 108 valence electrons. The largest absolute Gasteiger partial charge is 0.351 e. The molecular weight excluding hydrogens is 290 g/mol. The summed E-state index contributed by atoms with van der Waals surface area (Å²) in [7, 11) is 0. The summed E-state index contributed by atoms with van der Waals surface area (Å²) in [5, 5.41) is 5.74. The van der Waals surface area contributed by atoms with Crippen LogP contribution in [0.3, 0.4) is 0 Å². The number of urea groups is 1. The molecule has 0 heterocycles. The molecule has 2 aromatic carbocycles. The Morgan fingerprint density at radius 2 is 1.86 bits per heavy atom. The number of primary amides is 1. The normalized spacial score (nSPS) is 10.0. The topological polar surface area (TPSA) is 84.2 Å². The van der Waals surface area contributed by atoms with Crippen LogP contribution in [0.1, 0.15) is 15.9 Å². The minimum absolute atomic E-state index is 0.298. The van der Waals surface area contributed by atoms with Gasteiger partial charge in [-0.05, 0) is 42.8 Å². The molecule has 0 saturated heterocycles. The number of halogens is 1. The van der Waals surface area contributed by atoms with E-state index in [0.717, 1.165) is 5.56 Å². The van der Waals surface area contributed by atoms with Crippen LogP contribution in [0, 0.1) is 6.92 Å². The van der Waals surface area contributed by atoms with E-state index in [1.807, 2.05) is 13.0 Å². The second-order valence-electron chi connectivity index (χ2n) is 4.48. The van der Waals surface area contributed by atoms with Gasteiger partial charge < -0.3 is 16.4 Å². The number of rotatable bonds is 3. The number of nitrogens with one attached hydrogen (secondary N) is 2. The first-order valence-corrected chi connectivity index (χ1v) is 6.57. The second-order valence-corrected chi connectivity index (χ2v) is 4.92. The van der Waals surface area contributed by atoms with Gasteiger partial charge in [0, 0.05) is 22.0 Å². The predicted octanol–water partition coefficient (Wildman–Crippen LogP) is 3.39. The lowest BCUT2D eigenvalue weighted by molar-refractivity contribution is 0.102. The smallest absolute Gasteiger partial charge is 0.316 e. The summed E-state index contributed by atoms with van der Waals surface area (Å²) >= 11 is 5.92. The number of carbonyl (C=O) groups is 2. The summed E-state index contributed by atoms with van der Waals surface area (Å²) in [6.07, 6.45) is 0. The molecule has 0 aliphatic rings. The highest BCUT2D eigenvalue weighted by Gasteiger charge is 2.09. The molecule has 3 amide bonds. The highest BCUT2D eigenvalue weighted by Crippen LogP contribution is 2.21. The van der Waals surface area contributed by atoms with E-state index in [1.54, 1.807) is 36.4 Å². The average molecular weight is 304 g/mol. The molecule has 0 aliphatic carbocycles. The molecule has 2 rings (SSSR count). The minimum atomic E-state index is -0.682. The van der Waals surface area contributed by atoms with Gasteiger partial charge in [0.2, 0.25) is 0 Å². The zero-order valence-corrected chi connectivity index (χ0v) is 12.1. The Morgan fingerprint density at radius 1 is 1.10 bits per heavy atom. The SMILES string of the molecule is Cc1ccc(Cl)cc1NC(=O)c1cccc(NC(N)=O)c1. The Balaban J connectivity index is 2.20. The van der Waals surface area contributed by atoms with Crippen LogP contribution in [0.5, 0.6) is 0 Å². The maximum absolute atomic E-state index is 12.2. The van der Waals surface area contributed by atoms with Gasteiger partial charge in [-0.15, -0.1) is 0 Å². The molecule has 0 bridgehead atoms. The maximum atomic E-state index is 12.2. The van der Waals surface area contributed by atoms with Crippen LogP contribution in [-0.2, 0) is 0 Å². The molecule has 0 atom stereocenters. The summed E-state index contributed by atoms with van der Waals surface area (Å²) in [6, 6.07) is 11.1. The van der Waals surface area contributed by atoms with Crippen LogP contribution < -0.4 is 16.4 Å². The minimum Gasteiger partial charge on any atom is -0.351 e. The third kappa shape index (κ3) is 3.97. The molecule has 21 heavy (non-hydrogen) atoms. The van der Waals surface area contributed by atoms with E-state index in [1.165, 1.54) is 0 Å². The average Bonchev–Trinajstić information content (AvgIpc) is 2.42. The van der Waals surface area contributed by atoms with Crippen LogP contribution >= 0.6 is 11.6 Å². The molecular formula is C15H14ClN3O2. The molecule has 4 N–H and O–H groups in total. The van der Waals surface area contributed by atoms with Gasteiger partial charge in [-0.3, -0.25) is 4.79 Å². The predicted molar refractivity (Wildman–Crippen MR) is 83.8 cm³/mol. The van der Waals surface area contributed by atoms with E-state index >= 15 is 0 Å². The number of aryl methyl sites for hydroxylation is 1. The van der Waals surface area contributed by atoms with Crippen molar-refractivity contribution in [2.24, 2.45) is 5.73 Å². The monoisotopic (exact) mass is 303 g/mol. The number of benzene rings is 2. The van der Waals surface area contributed by atoms with Crippen LogP contribution in [0.15, 0.2) is 42.5 Å². The number of hydrogen-bond acceptors (Lipinski definition) is 2. The van der Waals surface area contributed by atoms with Crippen LogP contribution in [0.4, 0.5) is 16.2 Å². The van der Waals surface area contributed by atoms with Crippen molar-refractivity contribution in [3.8, 4) is 0 Å². The van der Waals surface area contributed by atoms with Gasteiger partial charge in [0.15, 0.2) is 0 Å². The van der Waals surface area contributed by atoms with Crippen molar-refractivity contribution in [3.63, 3.8) is 0 Å². The Labute approximate surface area is 127 Å². The molecule has 0 aliphatic heterocycles.